The molecule has 1 aliphatic heterocycles. The van der Waals surface area contributed by atoms with Gasteiger partial charge < -0.3 is 5.32 Å². The third-order valence-corrected chi connectivity index (χ3v) is 5.06. The van der Waals surface area contributed by atoms with Crippen LogP contribution in [0.25, 0.3) is 11.1 Å². The number of thioether (sulfide) groups is 1. The number of anilines is 1. The van der Waals surface area contributed by atoms with E-state index in [1.54, 1.807) is 11.8 Å². The van der Waals surface area contributed by atoms with Crippen molar-refractivity contribution < 1.29 is 4.79 Å². The zero-order valence-electron chi connectivity index (χ0n) is 12.8. The molecule has 2 aromatic rings. The van der Waals surface area contributed by atoms with Crippen LogP contribution >= 0.6 is 11.8 Å². The van der Waals surface area contributed by atoms with Crippen molar-refractivity contribution in [3.63, 3.8) is 0 Å². The first-order valence-corrected chi connectivity index (χ1v) is 8.41. The first kappa shape index (κ1) is 15.1. The van der Waals surface area contributed by atoms with Gasteiger partial charge in [-0.3, -0.25) is 10.1 Å². The fourth-order valence-electron chi connectivity index (χ4n) is 2.62. The van der Waals surface area contributed by atoms with E-state index >= 15 is 0 Å². The maximum atomic E-state index is 12.5. The molecule has 3 rings (SSSR count). The van der Waals surface area contributed by atoms with Crippen LogP contribution in [0.3, 0.4) is 0 Å². The van der Waals surface area contributed by atoms with E-state index in [4.69, 9.17) is 0 Å². The van der Waals surface area contributed by atoms with Gasteiger partial charge in [-0.15, -0.1) is 11.8 Å². The van der Waals surface area contributed by atoms with Gasteiger partial charge in [-0.1, -0.05) is 48.5 Å². The molecule has 1 amide bonds. The van der Waals surface area contributed by atoms with E-state index in [0.717, 1.165) is 22.6 Å². The lowest BCUT2D eigenvalue weighted by molar-refractivity contribution is -0.117. The smallest absolute Gasteiger partial charge is 0.242 e. The summed E-state index contributed by atoms with van der Waals surface area (Å²) < 4.78 is 0. The molecule has 0 radical (unpaired) electrons. The molecule has 22 heavy (non-hydrogen) atoms. The summed E-state index contributed by atoms with van der Waals surface area (Å²) in [5.74, 6) is 0.827. The van der Waals surface area contributed by atoms with Crippen molar-refractivity contribution in [2.24, 2.45) is 0 Å². The Bertz CT molecular complexity index is 670. The number of nitrogens with one attached hydrogen (secondary N) is 2. The van der Waals surface area contributed by atoms with Crippen LogP contribution in [0.5, 0.6) is 0 Å². The van der Waals surface area contributed by atoms with Crippen molar-refractivity contribution in [2.45, 2.75) is 24.8 Å². The first-order valence-electron chi connectivity index (χ1n) is 7.42. The Morgan fingerprint density at radius 3 is 2.50 bits per heavy atom. The molecule has 0 aliphatic carbocycles. The van der Waals surface area contributed by atoms with Gasteiger partial charge in [-0.25, -0.2) is 0 Å². The Hall–Kier alpha value is -1.78. The lowest BCUT2D eigenvalue weighted by atomic mass is 10.0. The molecule has 0 saturated carbocycles. The summed E-state index contributed by atoms with van der Waals surface area (Å²) in [7, 11) is 0. The average Bonchev–Trinajstić information content (AvgIpc) is 2.89. The Morgan fingerprint density at radius 2 is 1.82 bits per heavy atom. The van der Waals surface area contributed by atoms with Crippen molar-refractivity contribution in [3.05, 3.63) is 54.6 Å². The van der Waals surface area contributed by atoms with Crippen LogP contribution in [-0.2, 0) is 4.79 Å². The van der Waals surface area contributed by atoms with E-state index in [0.29, 0.717) is 0 Å². The van der Waals surface area contributed by atoms with Crippen molar-refractivity contribution in [1.82, 2.24) is 5.32 Å². The summed E-state index contributed by atoms with van der Waals surface area (Å²) in [4.78, 5) is 12.5. The molecule has 0 aromatic heterocycles. The highest BCUT2D eigenvalue weighted by molar-refractivity contribution is 8.00. The SMILES string of the molecule is CC1(C)N[C@@H](C(=O)Nc2ccccc2-c2ccccc2)CS1. The van der Waals surface area contributed by atoms with Crippen molar-refractivity contribution in [1.29, 1.82) is 0 Å². The molecule has 114 valence electrons. The fraction of sp³-hybridized carbons (Fsp3) is 0.278. The van der Waals surface area contributed by atoms with Crippen LogP contribution in [0, 0.1) is 0 Å². The summed E-state index contributed by atoms with van der Waals surface area (Å²) in [6.07, 6.45) is 0. The second kappa shape index (κ2) is 6.15. The van der Waals surface area contributed by atoms with Crippen LogP contribution in [0.1, 0.15) is 13.8 Å². The van der Waals surface area contributed by atoms with E-state index < -0.39 is 0 Å². The second-order valence-corrected chi connectivity index (χ2v) is 7.56. The van der Waals surface area contributed by atoms with Crippen LogP contribution < -0.4 is 10.6 Å². The Kier molecular flexibility index (Phi) is 4.23. The summed E-state index contributed by atoms with van der Waals surface area (Å²) in [5, 5.41) is 6.43. The minimum Gasteiger partial charge on any atom is -0.324 e. The van der Waals surface area contributed by atoms with Gasteiger partial charge >= 0.3 is 0 Å². The van der Waals surface area contributed by atoms with Gasteiger partial charge in [0.1, 0.15) is 0 Å². The molecular formula is C18H20N2OS. The van der Waals surface area contributed by atoms with Crippen LogP contribution in [0.15, 0.2) is 54.6 Å². The Labute approximate surface area is 135 Å². The highest BCUT2D eigenvalue weighted by Crippen LogP contribution is 2.31. The van der Waals surface area contributed by atoms with Gasteiger partial charge in [0.2, 0.25) is 5.91 Å². The van der Waals surface area contributed by atoms with Crippen LogP contribution in [0.4, 0.5) is 5.69 Å². The van der Waals surface area contributed by atoms with Crippen molar-refractivity contribution in [2.75, 3.05) is 11.1 Å². The highest BCUT2D eigenvalue weighted by Gasteiger charge is 2.34. The fourth-order valence-corrected chi connectivity index (χ4v) is 3.66. The van der Waals surface area contributed by atoms with E-state index in [1.165, 1.54) is 0 Å². The third-order valence-electron chi connectivity index (χ3n) is 3.72. The van der Waals surface area contributed by atoms with Gasteiger partial charge in [-0.2, -0.15) is 0 Å². The lowest BCUT2D eigenvalue weighted by Crippen LogP contribution is -2.44. The molecule has 0 unspecified atom stereocenters. The quantitative estimate of drug-likeness (QED) is 0.907. The zero-order valence-corrected chi connectivity index (χ0v) is 13.6. The second-order valence-electron chi connectivity index (χ2n) is 5.92. The molecule has 4 heteroatoms. The highest BCUT2D eigenvalue weighted by atomic mass is 32.2. The number of carbonyl (C=O) groups is 1. The molecule has 1 heterocycles. The molecule has 2 aromatic carbocycles. The molecule has 3 nitrogen and oxygen atoms in total. The molecular weight excluding hydrogens is 292 g/mol. The Morgan fingerprint density at radius 1 is 1.14 bits per heavy atom. The number of hydrogen-bond acceptors (Lipinski definition) is 3. The predicted molar refractivity (Wildman–Crippen MR) is 94.0 cm³/mol. The molecule has 1 fully saturated rings. The monoisotopic (exact) mass is 312 g/mol. The van der Waals surface area contributed by atoms with Gasteiger partial charge in [0.05, 0.1) is 10.9 Å². The average molecular weight is 312 g/mol. The normalized spacial score (nSPS) is 19.8. The lowest BCUT2D eigenvalue weighted by Gasteiger charge is -2.19. The Balaban J connectivity index is 1.80. The van der Waals surface area contributed by atoms with Gasteiger partial charge in [0.25, 0.3) is 0 Å². The van der Waals surface area contributed by atoms with Crippen molar-refractivity contribution in [3.8, 4) is 11.1 Å². The summed E-state index contributed by atoms with van der Waals surface area (Å²) >= 11 is 1.78. The topological polar surface area (TPSA) is 41.1 Å². The molecule has 1 saturated heterocycles. The van der Waals surface area contributed by atoms with Gasteiger partial charge in [0, 0.05) is 17.0 Å². The predicted octanol–water partition coefficient (Wildman–Crippen LogP) is 3.73. The number of carbonyl (C=O) groups excluding carboxylic acids is 1. The van der Waals surface area contributed by atoms with Crippen LogP contribution in [0.2, 0.25) is 0 Å². The van der Waals surface area contributed by atoms with Gasteiger partial charge in [-0.05, 0) is 25.5 Å². The standard InChI is InChI=1S/C18H20N2OS/c1-18(2)20-16(12-22-18)17(21)19-15-11-7-6-10-14(15)13-8-4-3-5-9-13/h3-11,16,20H,12H2,1-2H3,(H,19,21)/t16-/m1/s1. The van der Waals surface area contributed by atoms with E-state index in [2.05, 4.69) is 36.6 Å². The summed E-state index contributed by atoms with van der Waals surface area (Å²) in [6.45, 7) is 4.20. The number of amides is 1. The third kappa shape index (κ3) is 3.34. The van der Waals surface area contributed by atoms with Crippen LogP contribution in [-0.4, -0.2) is 22.6 Å². The first-order chi connectivity index (χ1) is 10.6. The van der Waals surface area contributed by atoms with E-state index in [1.807, 2.05) is 42.5 Å². The summed E-state index contributed by atoms with van der Waals surface area (Å²) in [5.41, 5.74) is 3.00. The zero-order chi connectivity index (χ0) is 15.6. The minimum atomic E-state index is -0.149. The number of para-hydroxylation sites is 1. The number of rotatable bonds is 3. The minimum absolute atomic E-state index is 0.0291. The van der Waals surface area contributed by atoms with Gasteiger partial charge in [0.15, 0.2) is 0 Å². The molecule has 1 aliphatic rings. The molecule has 0 spiro atoms. The number of hydrogen-bond donors (Lipinski definition) is 2. The van der Waals surface area contributed by atoms with E-state index in [-0.39, 0.29) is 16.8 Å². The van der Waals surface area contributed by atoms with Crippen molar-refractivity contribution >= 4 is 23.4 Å². The molecule has 0 bridgehead atoms. The maximum absolute atomic E-state index is 12.5. The molecule has 1 atom stereocenters. The number of benzene rings is 2. The van der Waals surface area contributed by atoms with E-state index in [9.17, 15) is 4.79 Å². The largest absolute Gasteiger partial charge is 0.324 e. The molecule has 2 N–H and O–H groups in total. The maximum Gasteiger partial charge on any atom is 0.242 e. The summed E-state index contributed by atoms with van der Waals surface area (Å²) in [6, 6.07) is 17.9.